The molecular formula is C15H20ClN3. The van der Waals surface area contributed by atoms with Crippen molar-refractivity contribution in [1.82, 2.24) is 15.1 Å². The van der Waals surface area contributed by atoms with Crippen LogP contribution in [0.4, 0.5) is 0 Å². The Morgan fingerprint density at radius 2 is 2.21 bits per heavy atom. The first-order valence-corrected chi connectivity index (χ1v) is 7.10. The van der Waals surface area contributed by atoms with Crippen LogP contribution in [0.2, 0.25) is 5.02 Å². The van der Waals surface area contributed by atoms with Gasteiger partial charge in [-0.2, -0.15) is 5.10 Å². The highest BCUT2D eigenvalue weighted by molar-refractivity contribution is 6.30. The standard InChI is InChI=1S/C15H20ClN3/c1-3-4-8-17-10-13-11-18-19(12(13)2)15-7-5-6-14(16)9-15/h5-7,9,11,17H,3-4,8,10H2,1-2H3. The molecule has 2 rings (SSSR count). The minimum absolute atomic E-state index is 0.732. The number of nitrogens with zero attached hydrogens (tertiary/aromatic N) is 2. The van der Waals surface area contributed by atoms with E-state index in [1.807, 2.05) is 35.1 Å². The maximum Gasteiger partial charge on any atom is 0.0663 e. The monoisotopic (exact) mass is 277 g/mol. The summed E-state index contributed by atoms with van der Waals surface area (Å²) in [6.07, 6.45) is 4.35. The van der Waals surface area contributed by atoms with Gasteiger partial charge in [-0.1, -0.05) is 31.0 Å². The van der Waals surface area contributed by atoms with Crippen LogP contribution >= 0.6 is 11.6 Å². The predicted octanol–water partition coefficient (Wildman–Crippen LogP) is 3.72. The van der Waals surface area contributed by atoms with Gasteiger partial charge in [0.2, 0.25) is 0 Å². The molecule has 0 bridgehead atoms. The summed E-state index contributed by atoms with van der Waals surface area (Å²) < 4.78 is 1.93. The van der Waals surface area contributed by atoms with Gasteiger partial charge < -0.3 is 5.32 Å². The van der Waals surface area contributed by atoms with Gasteiger partial charge in [0, 0.05) is 22.8 Å². The van der Waals surface area contributed by atoms with Crippen molar-refractivity contribution in [3.8, 4) is 5.69 Å². The lowest BCUT2D eigenvalue weighted by Gasteiger charge is -2.06. The molecule has 0 radical (unpaired) electrons. The van der Waals surface area contributed by atoms with Gasteiger partial charge in [-0.25, -0.2) is 4.68 Å². The van der Waals surface area contributed by atoms with E-state index in [1.54, 1.807) is 0 Å². The minimum Gasteiger partial charge on any atom is -0.313 e. The van der Waals surface area contributed by atoms with Gasteiger partial charge in [-0.05, 0) is 38.1 Å². The van der Waals surface area contributed by atoms with Crippen molar-refractivity contribution < 1.29 is 0 Å². The van der Waals surface area contributed by atoms with E-state index in [0.29, 0.717) is 0 Å². The number of rotatable bonds is 6. The van der Waals surface area contributed by atoms with E-state index in [-0.39, 0.29) is 0 Å². The molecule has 0 unspecified atom stereocenters. The number of aromatic nitrogens is 2. The molecule has 0 amide bonds. The van der Waals surface area contributed by atoms with Crippen LogP contribution in [0.15, 0.2) is 30.5 Å². The van der Waals surface area contributed by atoms with Crippen LogP contribution < -0.4 is 5.32 Å². The third-order valence-electron chi connectivity index (χ3n) is 3.19. The number of nitrogens with one attached hydrogen (secondary N) is 1. The summed E-state index contributed by atoms with van der Waals surface area (Å²) in [4.78, 5) is 0. The normalized spacial score (nSPS) is 10.9. The number of halogens is 1. The number of benzene rings is 1. The summed E-state index contributed by atoms with van der Waals surface area (Å²) in [6.45, 7) is 6.21. The first kappa shape index (κ1) is 14.1. The quantitative estimate of drug-likeness (QED) is 0.816. The maximum absolute atomic E-state index is 6.02. The molecule has 0 saturated heterocycles. The Morgan fingerprint density at radius 1 is 1.37 bits per heavy atom. The zero-order valence-electron chi connectivity index (χ0n) is 11.5. The fraction of sp³-hybridized carbons (Fsp3) is 0.400. The van der Waals surface area contributed by atoms with E-state index in [2.05, 4.69) is 24.3 Å². The molecule has 1 heterocycles. The largest absolute Gasteiger partial charge is 0.313 e. The molecule has 19 heavy (non-hydrogen) atoms. The fourth-order valence-electron chi connectivity index (χ4n) is 2.01. The Hall–Kier alpha value is -1.32. The van der Waals surface area contributed by atoms with Crippen LogP contribution in [0.1, 0.15) is 31.0 Å². The molecule has 0 saturated carbocycles. The Kier molecular flexibility index (Phi) is 5.00. The summed E-state index contributed by atoms with van der Waals surface area (Å²) >= 11 is 6.02. The second-order valence-electron chi connectivity index (χ2n) is 4.68. The maximum atomic E-state index is 6.02. The molecule has 0 aliphatic rings. The summed E-state index contributed by atoms with van der Waals surface area (Å²) in [6, 6.07) is 7.76. The molecule has 1 aromatic heterocycles. The van der Waals surface area contributed by atoms with Gasteiger partial charge in [-0.15, -0.1) is 0 Å². The zero-order chi connectivity index (χ0) is 13.7. The highest BCUT2D eigenvalue weighted by Crippen LogP contribution is 2.17. The van der Waals surface area contributed by atoms with Gasteiger partial charge in [0.25, 0.3) is 0 Å². The molecule has 1 N–H and O–H groups in total. The van der Waals surface area contributed by atoms with E-state index in [9.17, 15) is 0 Å². The molecule has 0 atom stereocenters. The summed E-state index contributed by atoms with van der Waals surface area (Å²) in [7, 11) is 0. The van der Waals surface area contributed by atoms with Crippen LogP contribution in [0.25, 0.3) is 5.69 Å². The Balaban J connectivity index is 2.10. The Bertz CT molecular complexity index is 534. The molecule has 0 fully saturated rings. The third-order valence-corrected chi connectivity index (χ3v) is 3.42. The molecule has 4 heteroatoms. The average molecular weight is 278 g/mol. The molecule has 2 aromatic rings. The molecule has 3 nitrogen and oxygen atoms in total. The number of unbranched alkanes of at least 4 members (excludes halogenated alkanes) is 1. The first-order chi connectivity index (χ1) is 9.22. The van der Waals surface area contributed by atoms with Gasteiger partial charge in [0.15, 0.2) is 0 Å². The van der Waals surface area contributed by atoms with E-state index in [0.717, 1.165) is 29.5 Å². The lowest BCUT2D eigenvalue weighted by Crippen LogP contribution is -2.14. The van der Waals surface area contributed by atoms with Crippen molar-refractivity contribution in [2.75, 3.05) is 6.54 Å². The lowest BCUT2D eigenvalue weighted by atomic mass is 10.2. The van der Waals surface area contributed by atoms with Gasteiger partial charge in [0.1, 0.15) is 0 Å². The molecular weight excluding hydrogens is 258 g/mol. The molecule has 1 aromatic carbocycles. The SMILES string of the molecule is CCCCNCc1cnn(-c2cccc(Cl)c2)c1C. The molecule has 0 spiro atoms. The van der Waals surface area contributed by atoms with Crippen LogP contribution in [0.5, 0.6) is 0 Å². The molecule has 0 aliphatic heterocycles. The Morgan fingerprint density at radius 3 is 2.95 bits per heavy atom. The van der Waals surface area contributed by atoms with Gasteiger partial charge in [0.05, 0.1) is 11.9 Å². The second-order valence-corrected chi connectivity index (χ2v) is 5.11. The molecule has 0 aliphatic carbocycles. The highest BCUT2D eigenvalue weighted by Gasteiger charge is 2.07. The first-order valence-electron chi connectivity index (χ1n) is 6.72. The predicted molar refractivity (Wildman–Crippen MR) is 79.9 cm³/mol. The van der Waals surface area contributed by atoms with E-state index in [1.165, 1.54) is 18.4 Å². The van der Waals surface area contributed by atoms with Crippen molar-refractivity contribution in [2.45, 2.75) is 33.2 Å². The topological polar surface area (TPSA) is 29.9 Å². The van der Waals surface area contributed by atoms with Crippen LogP contribution in [-0.4, -0.2) is 16.3 Å². The Labute approximate surface area is 119 Å². The van der Waals surface area contributed by atoms with Crippen molar-refractivity contribution in [3.63, 3.8) is 0 Å². The van der Waals surface area contributed by atoms with Crippen LogP contribution in [-0.2, 0) is 6.54 Å². The minimum atomic E-state index is 0.732. The van der Waals surface area contributed by atoms with Crippen molar-refractivity contribution >= 4 is 11.6 Å². The van der Waals surface area contributed by atoms with Gasteiger partial charge >= 0.3 is 0 Å². The summed E-state index contributed by atoms with van der Waals surface area (Å²) in [5.41, 5.74) is 3.40. The van der Waals surface area contributed by atoms with Crippen LogP contribution in [0.3, 0.4) is 0 Å². The average Bonchev–Trinajstić information content (AvgIpc) is 2.76. The third kappa shape index (κ3) is 3.58. The van der Waals surface area contributed by atoms with Crippen molar-refractivity contribution in [3.05, 3.63) is 46.7 Å². The molecule has 102 valence electrons. The summed E-state index contributed by atoms with van der Waals surface area (Å²) in [5, 5.41) is 8.62. The zero-order valence-corrected chi connectivity index (χ0v) is 12.2. The second kappa shape index (κ2) is 6.73. The van der Waals surface area contributed by atoms with E-state index >= 15 is 0 Å². The van der Waals surface area contributed by atoms with Crippen molar-refractivity contribution in [2.24, 2.45) is 0 Å². The fourth-order valence-corrected chi connectivity index (χ4v) is 2.19. The smallest absolute Gasteiger partial charge is 0.0663 e. The van der Waals surface area contributed by atoms with Crippen LogP contribution in [0, 0.1) is 6.92 Å². The number of hydrogen-bond donors (Lipinski definition) is 1. The summed E-state index contributed by atoms with van der Waals surface area (Å²) in [5.74, 6) is 0. The highest BCUT2D eigenvalue weighted by atomic mass is 35.5. The van der Waals surface area contributed by atoms with Crippen molar-refractivity contribution in [1.29, 1.82) is 0 Å². The van der Waals surface area contributed by atoms with Gasteiger partial charge in [-0.3, -0.25) is 0 Å². The van der Waals surface area contributed by atoms with E-state index < -0.39 is 0 Å². The van der Waals surface area contributed by atoms with E-state index in [4.69, 9.17) is 11.6 Å². The lowest BCUT2D eigenvalue weighted by molar-refractivity contribution is 0.639. The number of hydrogen-bond acceptors (Lipinski definition) is 2.